The molecule has 0 unspecified atom stereocenters. The SMILES string of the molecule is Cc1nnsc1C(=O)N1CCC(N2CCN(c3ncc(C(F)(F)F)cc3Cl)CC2)CC1. The van der Waals surface area contributed by atoms with Crippen LogP contribution < -0.4 is 4.90 Å². The molecule has 4 heterocycles. The Balaban J connectivity index is 1.30. The highest BCUT2D eigenvalue weighted by Crippen LogP contribution is 2.34. The Morgan fingerprint density at radius 1 is 1.16 bits per heavy atom. The number of carbonyl (C=O) groups excluding carboxylic acids is 1. The number of aryl methyl sites for hydroxylation is 1. The van der Waals surface area contributed by atoms with E-state index in [0.717, 1.165) is 49.7 Å². The highest BCUT2D eigenvalue weighted by atomic mass is 35.5. The molecule has 0 atom stereocenters. The average Bonchev–Trinajstić information content (AvgIpc) is 3.19. The molecule has 4 rings (SSSR count). The summed E-state index contributed by atoms with van der Waals surface area (Å²) in [6, 6.07) is 1.31. The van der Waals surface area contributed by atoms with Crippen molar-refractivity contribution in [1.29, 1.82) is 0 Å². The minimum absolute atomic E-state index is 0.00112. The van der Waals surface area contributed by atoms with E-state index in [-0.39, 0.29) is 10.9 Å². The third-order valence-electron chi connectivity index (χ3n) is 5.88. The number of carbonyl (C=O) groups is 1. The van der Waals surface area contributed by atoms with Crippen LogP contribution in [0.4, 0.5) is 19.0 Å². The molecule has 2 aliphatic heterocycles. The Kier molecular flexibility index (Phi) is 6.36. The van der Waals surface area contributed by atoms with Gasteiger partial charge in [0.2, 0.25) is 0 Å². The summed E-state index contributed by atoms with van der Waals surface area (Å²) < 4.78 is 42.3. The van der Waals surface area contributed by atoms with E-state index >= 15 is 0 Å². The predicted molar refractivity (Wildman–Crippen MR) is 112 cm³/mol. The molecule has 2 aliphatic rings. The van der Waals surface area contributed by atoms with Gasteiger partial charge in [0.1, 0.15) is 10.7 Å². The number of hydrogen-bond donors (Lipinski definition) is 0. The van der Waals surface area contributed by atoms with E-state index in [4.69, 9.17) is 11.6 Å². The number of piperazine rings is 1. The maximum atomic E-state index is 12.8. The van der Waals surface area contributed by atoms with Gasteiger partial charge in [0.25, 0.3) is 5.91 Å². The first-order valence-electron chi connectivity index (χ1n) is 10.0. The summed E-state index contributed by atoms with van der Waals surface area (Å²) in [5.74, 6) is 0.391. The molecule has 31 heavy (non-hydrogen) atoms. The minimum Gasteiger partial charge on any atom is -0.353 e. The van der Waals surface area contributed by atoms with Gasteiger partial charge in [-0.15, -0.1) is 5.10 Å². The Morgan fingerprint density at radius 2 is 1.84 bits per heavy atom. The zero-order chi connectivity index (χ0) is 22.2. The van der Waals surface area contributed by atoms with Crippen LogP contribution >= 0.6 is 23.1 Å². The van der Waals surface area contributed by atoms with Crippen LogP contribution in [0.2, 0.25) is 5.02 Å². The first kappa shape index (κ1) is 22.2. The van der Waals surface area contributed by atoms with Gasteiger partial charge in [-0.05, 0) is 37.4 Å². The molecule has 0 aromatic carbocycles. The number of nitrogens with zero attached hydrogens (tertiary/aromatic N) is 6. The zero-order valence-electron chi connectivity index (χ0n) is 16.9. The molecule has 0 aliphatic carbocycles. The maximum Gasteiger partial charge on any atom is 0.417 e. The average molecular weight is 475 g/mol. The van der Waals surface area contributed by atoms with Gasteiger partial charge >= 0.3 is 6.18 Å². The summed E-state index contributed by atoms with van der Waals surface area (Å²) in [6.07, 6.45) is -1.85. The second-order valence-electron chi connectivity index (χ2n) is 7.76. The van der Waals surface area contributed by atoms with E-state index in [0.29, 0.717) is 48.6 Å². The standard InChI is InChI=1S/C19H22ClF3N6OS/c1-12-16(31-26-25-12)18(30)29-4-2-14(3-5-29)27-6-8-28(9-7-27)17-15(20)10-13(11-24-17)19(21,22)23/h10-11,14H,2-9H2,1H3. The first-order chi connectivity index (χ1) is 14.7. The number of hydrogen-bond acceptors (Lipinski definition) is 7. The van der Waals surface area contributed by atoms with Crippen molar-refractivity contribution in [3.63, 3.8) is 0 Å². The molecule has 0 saturated carbocycles. The van der Waals surface area contributed by atoms with Gasteiger partial charge in [0.05, 0.1) is 16.3 Å². The van der Waals surface area contributed by atoms with E-state index in [9.17, 15) is 18.0 Å². The van der Waals surface area contributed by atoms with E-state index in [1.165, 1.54) is 0 Å². The number of likely N-dealkylation sites (tertiary alicyclic amines) is 1. The van der Waals surface area contributed by atoms with Crippen molar-refractivity contribution in [2.24, 2.45) is 0 Å². The van der Waals surface area contributed by atoms with Gasteiger partial charge in [-0.1, -0.05) is 16.1 Å². The normalized spacial score (nSPS) is 19.1. The molecule has 2 aromatic heterocycles. The lowest BCUT2D eigenvalue weighted by atomic mass is 10.0. The highest BCUT2D eigenvalue weighted by molar-refractivity contribution is 7.07. The van der Waals surface area contributed by atoms with Crippen LogP contribution in [0, 0.1) is 6.92 Å². The Hall–Kier alpha value is -1.98. The number of piperidine rings is 1. The third-order valence-corrected chi connectivity index (χ3v) is 6.97. The van der Waals surface area contributed by atoms with E-state index in [1.54, 1.807) is 6.92 Å². The largest absolute Gasteiger partial charge is 0.417 e. The number of halogens is 4. The molecule has 0 bridgehead atoms. The maximum absolute atomic E-state index is 12.8. The van der Waals surface area contributed by atoms with Gasteiger partial charge in [-0.2, -0.15) is 13.2 Å². The van der Waals surface area contributed by atoms with Crippen molar-refractivity contribution in [2.75, 3.05) is 44.2 Å². The molecule has 0 spiro atoms. The molecule has 0 radical (unpaired) electrons. The van der Waals surface area contributed by atoms with Crippen molar-refractivity contribution >= 4 is 34.9 Å². The van der Waals surface area contributed by atoms with Crippen LogP contribution in [0.25, 0.3) is 0 Å². The monoisotopic (exact) mass is 474 g/mol. The first-order valence-corrected chi connectivity index (χ1v) is 11.2. The summed E-state index contributed by atoms with van der Waals surface area (Å²) in [5.41, 5.74) is -0.172. The second-order valence-corrected chi connectivity index (χ2v) is 8.92. The van der Waals surface area contributed by atoms with Gasteiger partial charge in [-0.3, -0.25) is 9.69 Å². The Morgan fingerprint density at radius 3 is 2.39 bits per heavy atom. The Bertz CT molecular complexity index is 939. The minimum atomic E-state index is -4.46. The van der Waals surface area contributed by atoms with Crippen LogP contribution in [0.15, 0.2) is 12.3 Å². The molecule has 2 saturated heterocycles. The third kappa shape index (κ3) is 4.78. The van der Waals surface area contributed by atoms with Crippen LogP contribution in [0.1, 0.15) is 33.8 Å². The van der Waals surface area contributed by atoms with Crippen LogP contribution in [-0.2, 0) is 6.18 Å². The van der Waals surface area contributed by atoms with Gasteiger partial charge in [0, 0.05) is 51.5 Å². The number of rotatable bonds is 3. The molecule has 2 fully saturated rings. The quantitative estimate of drug-likeness (QED) is 0.680. The number of amides is 1. The van der Waals surface area contributed by atoms with Crippen molar-refractivity contribution < 1.29 is 18.0 Å². The molecule has 168 valence electrons. The smallest absolute Gasteiger partial charge is 0.353 e. The lowest BCUT2D eigenvalue weighted by Gasteiger charge is -2.43. The van der Waals surface area contributed by atoms with Crippen LogP contribution in [0.5, 0.6) is 0 Å². The fourth-order valence-electron chi connectivity index (χ4n) is 4.12. The van der Waals surface area contributed by atoms with E-state index < -0.39 is 11.7 Å². The molecule has 1 amide bonds. The van der Waals surface area contributed by atoms with Crippen molar-refractivity contribution in [1.82, 2.24) is 24.4 Å². The fourth-order valence-corrected chi connectivity index (χ4v) is 5.03. The molecule has 12 heteroatoms. The van der Waals surface area contributed by atoms with Crippen LogP contribution in [-0.4, -0.2) is 75.6 Å². The number of aromatic nitrogens is 3. The van der Waals surface area contributed by atoms with Gasteiger partial charge in [0.15, 0.2) is 0 Å². The Labute approximate surface area is 187 Å². The van der Waals surface area contributed by atoms with Crippen molar-refractivity contribution in [3.8, 4) is 0 Å². The molecule has 7 nitrogen and oxygen atoms in total. The molecular formula is C19H22ClF3N6OS. The summed E-state index contributed by atoms with van der Waals surface area (Å²) >= 11 is 7.22. The molecule has 2 aromatic rings. The number of alkyl halides is 3. The summed E-state index contributed by atoms with van der Waals surface area (Å²) in [6.45, 7) is 6.00. The van der Waals surface area contributed by atoms with E-state index in [2.05, 4.69) is 19.5 Å². The topological polar surface area (TPSA) is 65.5 Å². The molecule has 0 N–H and O–H groups in total. The summed E-state index contributed by atoms with van der Waals surface area (Å²) in [7, 11) is 0. The summed E-state index contributed by atoms with van der Waals surface area (Å²) in [5, 5.41) is 3.93. The van der Waals surface area contributed by atoms with E-state index in [1.807, 2.05) is 9.80 Å². The fraction of sp³-hybridized carbons (Fsp3) is 0.579. The number of anilines is 1. The van der Waals surface area contributed by atoms with Gasteiger partial charge in [-0.25, -0.2) is 4.98 Å². The van der Waals surface area contributed by atoms with Gasteiger partial charge < -0.3 is 9.80 Å². The lowest BCUT2D eigenvalue weighted by molar-refractivity contribution is -0.137. The van der Waals surface area contributed by atoms with Crippen molar-refractivity contribution in [3.05, 3.63) is 33.4 Å². The summed E-state index contributed by atoms with van der Waals surface area (Å²) in [4.78, 5) is 23.4. The highest BCUT2D eigenvalue weighted by Gasteiger charge is 2.33. The van der Waals surface area contributed by atoms with Crippen LogP contribution in [0.3, 0.4) is 0 Å². The second kappa shape index (κ2) is 8.87. The number of pyridine rings is 1. The molecular weight excluding hydrogens is 453 g/mol. The zero-order valence-corrected chi connectivity index (χ0v) is 18.5. The predicted octanol–water partition coefficient (Wildman–Crippen LogP) is 3.34. The lowest BCUT2D eigenvalue weighted by Crippen LogP contribution is -2.54. The van der Waals surface area contributed by atoms with Crippen molar-refractivity contribution in [2.45, 2.75) is 32.0 Å².